The maximum absolute atomic E-state index is 12.2. The molecule has 1 aliphatic heterocycles. The zero-order chi connectivity index (χ0) is 14.0. The molecule has 0 radical (unpaired) electrons. The molecule has 0 saturated carbocycles. The molecule has 2 amide bonds. The minimum Gasteiger partial charge on any atom is -0.358 e. The van der Waals surface area contributed by atoms with Gasteiger partial charge in [0.25, 0.3) is 11.8 Å². The van der Waals surface area contributed by atoms with Crippen molar-refractivity contribution in [3.8, 4) is 5.75 Å². The fourth-order valence-electron chi connectivity index (χ4n) is 1.53. The van der Waals surface area contributed by atoms with E-state index in [2.05, 4.69) is 4.18 Å². The highest BCUT2D eigenvalue weighted by Crippen LogP contribution is 2.17. The third-order valence-corrected chi connectivity index (χ3v) is 2.75. The number of amides is 2. The Kier molecular flexibility index (Phi) is 3.34. The third kappa shape index (κ3) is 3.38. The molecule has 0 atom stereocenters. The number of hydrogen-bond donors (Lipinski definition) is 0. The molecule has 0 bridgehead atoms. The summed E-state index contributed by atoms with van der Waals surface area (Å²) in [6.45, 7) is 0.0489. The Morgan fingerprint density at radius 2 is 1.58 bits per heavy atom. The van der Waals surface area contributed by atoms with Crippen LogP contribution in [0.4, 0.5) is 3.89 Å². The van der Waals surface area contributed by atoms with Gasteiger partial charge >= 0.3 is 10.5 Å². The minimum atomic E-state index is -5.06. The van der Waals surface area contributed by atoms with Gasteiger partial charge in [-0.2, -0.15) is 8.42 Å². The molecule has 6 nitrogen and oxygen atoms in total. The fraction of sp³-hybridized carbons (Fsp3) is 0.0909. The van der Waals surface area contributed by atoms with E-state index in [9.17, 15) is 21.9 Å². The molecule has 0 spiro atoms. The molecule has 0 aromatic heterocycles. The van der Waals surface area contributed by atoms with Gasteiger partial charge in [-0.15, -0.1) is 0 Å². The number of rotatable bonds is 4. The zero-order valence-electron chi connectivity index (χ0n) is 9.45. The van der Waals surface area contributed by atoms with Gasteiger partial charge in [0.15, 0.2) is 0 Å². The average molecular weight is 285 g/mol. The van der Waals surface area contributed by atoms with E-state index in [1.807, 2.05) is 0 Å². The summed E-state index contributed by atoms with van der Waals surface area (Å²) in [5.74, 6) is -1.03. The van der Waals surface area contributed by atoms with Crippen LogP contribution in [0.1, 0.15) is 5.56 Å². The molecule has 0 saturated heterocycles. The SMILES string of the molecule is O=C1C=CC(=O)N1Cc1ccc(OS(=O)(=O)F)cc1. The number of halogens is 1. The largest absolute Gasteiger partial charge is 0.488 e. The normalized spacial score (nSPS) is 15.1. The Morgan fingerprint density at radius 3 is 2.05 bits per heavy atom. The van der Waals surface area contributed by atoms with Crippen molar-refractivity contribution in [2.24, 2.45) is 0 Å². The first-order valence-electron chi connectivity index (χ1n) is 5.12. The van der Waals surface area contributed by atoms with Gasteiger partial charge in [-0.1, -0.05) is 16.0 Å². The van der Waals surface area contributed by atoms with E-state index in [0.717, 1.165) is 17.1 Å². The molecule has 1 aromatic rings. The molecule has 19 heavy (non-hydrogen) atoms. The highest BCUT2D eigenvalue weighted by molar-refractivity contribution is 7.81. The molecule has 2 rings (SSSR count). The van der Waals surface area contributed by atoms with Crippen molar-refractivity contribution in [3.63, 3.8) is 0 Å². The lowest BCUT2D eigenvalue weighted by molar-refractivity contribution is -0.137. The van der Waals surface area contributed by atoms with E-state index in [0.29, 0.717) is 5.56 Å². The van der Waals surface area contributed by atoms with Gasteiger partial charge in [-0.05, 0) is 17.7 Å². The van der Waals surface area contributed by atoms with Gasteiger partial charge in [0.05, 0.1) is 6.54 Å². The second kappa shape index (κ2) is 4.81. The molecule has 0 fully saturated rings. The first-order chi connectivity index (χ1) is 8.85. The summed E-state index contributed by atoms with van der Waals surface area (Å²) >= 11 is 0. The van der Waals surface area contributed by atoms with Crippen molar-refractivity contribution in [1.29, 1.82) is 0 Å². The minimum absolute atomic E-state index is 0.0489. The summed E-state index contributed by atoms with van der Waals surface area (Å²) < 4.78 is 36.8. The van der Waals surface area contributed by atoms with E-state index >= 15 is 0 Å². The van der Waals surface area contributed by atoms with Crippen LogP contribution < -0.4 is 4.18 Å². The lowest BCUT2D eigenvalue weighted by Gasteiger charge is -2.13. The van der Waals surface area contributed by atoms with Crippen molar-refractivity contribution >= 4 is 22.3 Å². The molecule has 1 heterocycles. The van der Waals surface area contributed by atoms with Crippen molar-refractivity contribution in [3.05, 3.63) is 42.0 Å². The van der Waals surface area contributed by atoms with Crippen LogP contribution in [0.5, 0.6) is 5.75 Å². The van der Waals surface area contributed by atoms with Crippen molar-refractivity contribution < 1.29 is 26.1 Å². The second-order valence-corrected chi connectivity index (χ2v) is 4.67. The van der Waals surface area contributed by atoms with Gasteiger partial charge in [0.1, 0.15) is 5.75 Å². The van der Waals surface area contributed by atoms with E-state index in [1.54, 1.807) is 0 Å². The quantitative estimate of drug-likeness (QED) is 0.601. The molecule has 1 aliphatic rings. The number of imide groups is 1. The topological polar surface area (TPSA) is 80.8 Å². The fourth-order valence-corrected chi connectivity index (χ4v) is 1.88. The maximum atomic E-state index is 12.2. The summed E-state index contributed by atoms with van der Waals surface area (Å²) in [6, 6.07) is 5.31. The Labute approximate surface area is 108 Å². The highest BCUT2D eigenvalue weighted by atomic mass is 32.3. The Morgan fingerprint density at radius 1 is 1.05 bits per heavy atom. The monoisotopic (exact) mass is 285 g/mol. The van der Waals surface area contributed by atoms with E-state index in [1.165, 1.54) is 24.3 Å². The average Bonchev–Trinajstić information content (AvgIpc) is 2.61. The van der Waals surface area contributed by atoms with Crippen LogP contribution >= 0.6 is 0 Å². The predicted molar refractivity (Wildman–Crippen MR) is 61.8 cm³/mol. The molecular weight excluding hydrogens is 277 g/mol. The first-order valence-corrected chi connectivity index (χ1v) is 6.42. The van der Waals surface area contributed by atoms with Crippen LogP contribution in [0.15, 0.2) is 36.4 Å². The van der Waals surface area contributed by atoms with Gasteiger partial charge in [-0.25, -0.2) is 0 Å². The Hall–Kier alpha value is -2.22. The van der Waals surface area contributed by atoms with Crippen molar-refractivity contribution in [1.82, 2.24) is 4.90 Å². The van der Waals surface area contributed by atoms with E-state index in [-0.39, 0.29) is 12.3 Å². The van der Waals surface area contributed by atoms with E-state index < -0.39 is 22.3 Å². The van der Waals surface area contributed by atoms with E-state index in [4.69, 9.17) is 0 Å². The Bertz CT molecular complexity index is 632. The number of carbonyl (C=O) groups is 2. The number of benzene rings is 1. The van der Waals surface area contributed by atoms with Crippen molar-refractivity contribution in [2.75, 3.05) is 0 Å². The van der Waals surface area contributed by atoms with Gasteiger partial charge in [-0.3, -0.25) is 14.5 Å². The molecule has 1 aromatic carbocycles. The lowest BCUT2D eigenvalue weighted by Crippen LogP contribution is -2.29. The van der Waals surface area contributed by atoms with Crippen LogP contribution in [0.3, 0.4) is 0 Å². The van der Waals surface area contributed by atoms with Crippen molar-refractivity contribution in [2.45, 2.75) is 6.54 Å². The molecule has 100 valence electrons. The maximum Gasteiger partial charge on any atom is 0.488 e. The number of carbonyl (C=O) groups excluding carboxylic acids is 2. The van der Waals surface area contributed by atoms with Crippen LogP contribution in [-0.2, 0) is 26.6 Å². The predicted octanol–water partition coefficient (Wildman–Crippen LogP) is 0.705. The summed E-state index contributed by atoms with van der Waals surface area (Å²) in [5, 5.41) is 0. The standard InChI is InChI=1S/C11H8FNO5S/c12-19(16,17)18-9-3-1-8(2-4-9)7-13-10(14)5-6-11(13)15/h1-6H,7H2. The second-order valence-electron chi connectivity index (χ2n) is 3.72. The van der Waals surface area contributed by atoms with Gasteiger partial charge in [0.2, 0.25) is 0 Å². The summed E-state index contributed by atoms with van der Waals surface area (Å²) in [6.07, 6.45) is 2.32. The lowest BCUT2D eigenvalue weighted by atomic mass is 10.2. The molecule has 0 aliphatic carbocycles. The molecule has 0 N–H and O–H groups in total. The van der Waals surface area contributed by atoms with Crippen LogP contribution in [-0.4, -0.2) is 25.1 Å². The highest BCUT2D eigenvalue weighted by Gasteiger charge is 2.23. The molecule has 8 heteroatoms. The van der Waals surface area contributed by atoms with Crippen LogP contribution in [0.25, 0.3) is 0 Å². The third-order valence-electron chi connectivity index (χ3n) is 2.36. The number of hydrogen-bond acceptors (Lipinski definition) is 5. The van der Waals surface area contributed by atoms with Gasteiger partial charge < -0.3 is 4.18 Å². The number of nitrogens with zero attached hydrogens (tertiary/aromatic N) is 1. The van der Waals surface area contributed by atoms with Gasteiger partial charge in [0, 0.05) is 12.2 Å². The molecular formula is C11H8FNO5S. The summed E-state index contributed by atoms with van der Waals surface area (Å²) in [7, 11) is -5.06. The van der Waals surface area contributed by atoms with Crippen LogP contribution in [0.2, 0.25) is 0 Å². The summed E-state index contributed by atoms with van der Waals surface area (Å²) in [4.78, 5) is 23.6. The Balaban J connectivity index is 2.07. The first kappa shape index (κ1) is 13.2. The smallest absolute Gasteiger partial charge is 0.358 e. The zero-order valence-corrected chi connectivity index (χ0v) is 10.3. The molecule has 0 unspecified atom stereocenters. The van der Waals surface area contributed by atoms with Crippen LogP contribution in [0, 0.1) is 0 Å². The summed E-state index contributed by atoms with van der Waals surface area (Å²) in [5.41, 5.74) is 0.578.